The summed E-state index contributed by atoms with van der Waals surface area (Å²) in [4.78, 5) is 10.9. The van der Waals surface area contributed by atoms with Crippen LogP contribution in [0.5, 0.6) is 0 Å². The van der Waals surface area contributed by atoms with Crippen molar-refractivity contribution in [2.45, 2.75) is 229 Å². The number of hydrogen-bond donors (Lipinski definition) is 0. The van der Waals surface area contributed by atoms with Gasteiger partial charge in [0.2, 0.25) is 0 Å². The van der Waals surface area contributed by atoms with Crippen molar-refractivity contribution in [3.63, 3.8) is 0 Å². The van der Waals surface area contributed by atoms with Crippen molar-refractivity contribution in [1.29, 1.82) is 0 Å². The van der Waals surface area contributed by atoms with Gasteiger partial charge in [-0.3, -0.25) is 0 Å². The lowest BCUT2D eigenvalue weighted by Crippen LogP contribution is -2.35. The standard InChI is InChI=1S/C43H88O9Si3/c1-11-12-19-37(48-34-45-28-31-53(2,3)4)20-15-13-16-21-38(49-35-46-29-32-54(5,6)7)40-23-25-42(51-40)43-26-24-41(52-43)39(22-17-14-18-27-44)50-36-47-30-33-55(8,9)10/h27,37-43H,11-26,28-36H2,1-10H3/t37-,38+,39+,40+,41+,42+,43+/m0/s1. The number of ether oxygens (including phenoxy) is 8. The van der Waals surface area contributed by atoms with E-state index in [0.717, 1.165) is 122 Å². The molecule has 0 spiro atoms. The predicted molar refractivity (Wildman–Crippen MR) is 234 cm³/mol. The molecule has 326 valence electrons. The lowest BCUT2D eigenvalue weighted by atomic mass is 10.00. The quantitative estimate of drug-likeness (QED) is 0.0268. The Morgan fingerprint density at radius 3 is 1.40 bits per heavy atom. The zero-order chi connectivity index (χ0) is 40.6. The van der Waals surface area contributed by atoms with Gasteiger partial charge in [-0.2, -0.15) is 0 Å². The lowest BCUT2D eigenvalue weighted by Gasteiger charge is -2.28. The normalized spacial score (nSPS) is 22.7. The van der Waals surface area contributed by atoms with Gasteiger partial charge in [-0.05, 0) is 75.9 Å². The van der Waals surface area contributed by atoms with Crippen molar-refractivity contribution < 1.29 is 42.7 Å². The molecule has 0 aromatic rings. The maximum absolute atomic E-state index is 10.9. The Hall–Kier alpha value is 0.000649. The van der Waals surface area contributed by atoms with Crippen LogP contribution in [0.25, 0.3) is 0 Å². The van der Waals surface area contributed by atoms with Gasteiger partial charge in [-0.1, -0.05) is 104 Å². The largest absolute Gasteiger partial charge is 0.370 e. The SMILES string of the molecule is CCCC[C@@H](CCCCC[C@@H](OCOCC[Si](C)(C)C)[C@H]1CC[C@H]([C@H]2CC[C@H]([C@@H](CCCCC=O)OCOCC[Si](C)(C)C)O2)O1)OCOCC[Si](C)(C)C. The van der Waals surface area contributed by atoms with Crippen LogP contribution in [-0.4, -0.2) is 113 Å². The van der Waals surface area contributed by atoms with E-state index >= 15 is 0 Å². The summed E-state index contributed by atoms with van der Waals surface area (Å²) in [6, 6.07) is 3.44. The van der Waals surface area contributed by atoms with Crippen LogP contribution in [0, 0.1) is 0 Å². The summed E-state index contributed by atoms with van der Waals surface area (Å²) in [5.74, 6) is 0. The molecular formula is C43H88O9Si3. The maximum atomic E-state index is 10.9. The summed E-state index contributed by atoms with van der Waals surface area (Å²) in [7, 11) is -3.40. The number of rotatable bonds is 35. The molecule has 2 fully saturated rings. The second-order valence-corrected chi connectivity index (χ2v) is 36.9. The molecule has 0 aliphatic carbocycles. The first kappa shape index (κ1) is 51.1. The monoisotopic (exact) mass is 833 g/mol. The van der Waals surface area contributed by atoms with E-state index in [4.69, 9.17) is 37.9 Å². The summed E-state index contributed by atoms with van der Waals surface area (Å²) >= 11 is 0. The van der Waals surface area contributed by atoms with Gasteiger partial charge in [0.05, 0.1) is 42.7 Å². The fourth-order valence-electron chi connectivity index (χ4n) is 7.16. The summed E-state index contributed by atoms with van der Waals surface area (Å²) in [6.45, 7) is 27.0. The van der Waals surface area contributed by atoms with Crippen LogP contribution in [0.1, 0.15) is 110 Å². The Morgan fingerprint density at radius 2 is 0.964 bits per heavy atom. The zero-order valence-electron chi connectivity index (χ0n) is 37.5. The molecule has 9 nitrogen and oxygen atoms in total. The molecule has 7 atom stereocenters. The third kappa shape index (κ3) is 26.0. The summed E-state index contributed by atoms with van der Waals surface area (Å²) in [6.07, 6.45) is 17.6. The number of carbonyl (C=O) groups is 1. The van der Waals surface area contributed by atoms with E-state index in [1.807, 2.05) is 0 Å². The highest BCUT2D eigenvalue weighted by molar-refractivity contribution is 6.76. The van der Waals surface area contributed by atoms with Gasteiger partial charge in [-0.15, -0.1) is 0 Å². The Kier molecular flexibility index (Phi) is 26.5. The van der Waals surface area contributed by atoms with E-state index in [2.05, 4.69) is 65.8 Å². The first-order chi connectivity index (χ1) is 26.1. The number of unbranched alkanes of at least 4 members (excludes halogenated alkanes) is 5. The second-order valence-electron chi connectivity index (χ2n) is 20.0. The average Bonchev–Trinajstić information content (AvgIpc) is 3.79. The minimum Gasteiger partial charge on any atom is -0.370 e. The third-order valence-electron chi connectivity index (χ3n) is 11.0. The molecule has 0 amide bonds. The van der Waals surface area contributed by atoms with E-state index in [0.29, 0.717) is 26.8 Å². The van der Waals surface area contributed by atoms with E-state index in [1.165, 1.54) is 18.9 Å². The van der Waals surface area contributed by atoms with E-state index in [-0.39, 0.29) is 42.7 Å². The lowest BCUT2D eigenvalue weighted by molar-refractivity contribution is -0.162. The van der Waals surface area contributed by atoms with Crippen molar-refractivity contribution in [1.82, 2.24) is 0 Å². The van der Waals surface area contributed by atoms with Gasteiger partial charge in [0.25, 0.3) is 0 Å². The molecule has 2 saturated heterocycles. The molecule has 0 aromatic carbocycles. The molecule has 2 aliphatic rings. The molecule has 0 aromatic heterocycles. The first-order valence-corrected chi connectivity index (χ1v) is 33.5. The van der Waals surface area contributed by atoms with Crippen LogP contribution in [0.15, 0.2) is 0 Å². The van der Waals surface area contributed by atoms with Gasteiger partial charge < -0.3 is 42.7 Å². The number of hydrogen-bond acceptors (Lipinski definition) is 9. The van der Waals surface area contributed by atoms with Crippen molar-refractivity contribution in [3.05, 3.63) is 0 Å². The Bertz CT molecular complexity index is 955. The Balaban J connectivity index is 1.89. The van der Waals surface area contributed by atoms with Crippen molar-refractivity contribution in [3.8, 4) is 0 Å². The highest BCUT2D eigenvalue weighted by atomic mass is 28.3. The van der Waals surface area contributed by atoms with Crippen LogP contribution >= 0.6 is 0 Å². The van der Waals surface area contributed by atoms with Crippen LogP contribution < -0.4 is 0 Å². The van der Waals surface area contributed by atoms with E-state index in [9.17, 15) is 4.79 Å². The predicted octanol–water partition coefficient (Wildman–Crippen LogP) is 11.1. The Labute approximate surface area is 341 Å². The van der Waals surface area contributed by atoms with Crippen molar-refractivity contribution in [2.75, 3.05) is 40.2 Å². The smallest absolute Gasteiger partial charge is 0.147 e. The van der Waals surface area contributed by atoms with Gasteiger partial charge >= 0.3 is 0 Å². The fourth-order valence-corrected chi connectivity index (χ4v) is 9.43. The molecule has 12 heteroatoms. The summed E-state index contributed by atoms with van der Waals surface area (Å²) in [5.41, 5.74) is 0. The van der Waals surface area contributed by atoms with Gasteiger partial charge in [0.15, 0.2) is 0 Å². The maximum Gasteiger partial charge on any atom is 0.147 e. The summed E-state index contributed by atoms with van der Waals surface area (Å²) in [5, 5.41) is 0. The van der Waals surface area contributed by atoms with Crippen LogP contribution in [-0.2, 0) is 42.7 Å². The topological polar surface area (TPSA) is 90.9 Å². The van der Waals surface area contributed by atoms with Crippen LogP contribution in [0.2, 0.25) is 77.1 Å². The van der Waals surface area contributed by atoms with Gasteiger partial charge in [0.1, 0.15) is 26.7 Å². The fraction of sp³-hybridized carbons (Fsp3) is 0.977. The minimum atomic E-state index is -1.16. The third-order valence-corrected chi connectivity index (χ3v) is 16.1. The molecule has 0 saturated carbocycles. The second kappa shape index (κ2) is 28.5. The zero-order valence-corrected chi connectivity index (χ0v) is 40.5. The highest BCUT2D eigenvalue weighted by Crippen LogP contribution is 2.36. The van der Waals surface area contributed by atoms with E-state index < -0.39 is 24.2 Å². The van der Waals surface area contributed by atoms with Gasteiger partial charge in [0, 0.05) is 50.5 Å². The highest BCUT2D eigenvalue weighted by Gasteiger charge is 2.42. The van der Waals surface area contributed by atoms with Crippen LogP contribution in [0.4, 0.5) is 0 Å². The summed E-state index contributed by atoms with van der Waals surface area (Å²) < 4.78 is 50.3. The van der Waals surface area contributed by atoms with Gasteiger partial charge in [-0.25, -0.2) is 0 Å². The molecule has 0 radical (unpaired) electrons. The number of carbonyl (C=O) groups excluding carboxylic acids is 1. The van der Waals surface area contributed by atoms with Crippen LogP contribution in [0.3, 0.4) is 0 Å². The molecule has 55 heavy (non-hydrogen) atoms. The van der Waals surface area contributed by atoms with E-state index in [1.54, 1.807) is 0 Å². The molecule has 2 heterocycles. The first-order valence-electron chi connectivity index (χ1n) is 22.4. The molecule has 0 unspecified atom stereocenters. The van der Waals surface area contributed by atoms with Crippen molar-refractivity contribution in [2.24, 2.45) is 0 Å². The molecular weight excluding hydrogens is 745 g/mol. The van der Waals surface area contributed by atoms with Crippen molar-refractivity contribution >= 4 is 30.5 Å². The average molecular weight is 833 g/mol. The molecule has 2 aliphatic heterocycles. The Morgan fingerprint density at radius 1 is 0.545 bits per heavy atom. The minimum absolute atomic E-state index is 0.0168. The molecule has 2 rings (SSSR count). The molecule has 0 bridgehead atoms. The number of aldehydes is 1. The molecule has 0 N–H and O–H groups in total.